The van der Waals surface area contributed by atoms with Gasteiger partial charge in [0.2, 0.25) is 0 Å². The molecule has 0 saturated heterocycles. The Kier molecular flexibility index (Phi) is 1.84. The predicted octanol–water partition coefficient (Wildman–Crippen LogP) is 1.22. The Morgan fingerprint density at radius 1 is 1.36 bits per heavy atom. The van der Waals surface area contributed by atoms with Gasteiger partial charge in [-0.3, -0.25) is 4.68 Å². The van der Waals surface area contributed by atoms with Gasteiger partial charge in [0.15, 0.2) is 0 Å². The molecule has 14 heavy (non-hydrogen) atoms. The maximum atomic E-state index is 6.06. The van der Waals surface area contributed by atoms with Crippen LogP contribution < -0.4 is 10.6 Å². The first-order valence-corrected chi connectivity index (χ1v) is 4.49. The summed E-state index contributed by atoms with van der Waals surface area (Å²) in [6.45, 7) is 0. The summed E-state index contributed by atoms with van der Waals surface area (Å²) in [7, 11) is 5.86. The third kappa shape index (κ3) is 1.11. The first-order valence-electron chi connectivity index (χ1n) is 4.49. The zero-order valence-corrected chi connectivity index (χ0v) is 8.65. The number of aromatic nitrogens is 2. The fraction of sp³-hybridized carbons (Fsp3) is 0.300. The van der Waals surface area contributed by atoms with Gasteiger partial charge < -0.3 is 10.6 Å². The second-order valence-electron chi connectivity index (χ2n) is 3.60. The molecule has 0 aliphatic carbocycles. The summed E-state index contributed by atoms with van der Waals surface area (Å²) in [5.41, 5.74) is 8.87. The van der Waals surface area contributed by atoms with Crippen molar-refractivity contribution in [3.63, 3.8) is 0 Å². The van der Waals surface area contributed by atoms with E-state index in [0.717, 1.165) is 22.3 Å². The van der Waals surface area contributed by atoms with E-state index in [1.54, 1.807) is 4.68 Å². The average Bonchev–Trinajstić information content (AvgIpc) is 2.48. The van der Waals surface area contributed by atoms with E-state index in [0.29, 0.717) is 0 Å². The van der Waals surface area contributed by atoms with Crippen molar-refractivity contribution >= 4 is 22.3 Å². The van der Waals surface area contributed by atoms with Crippen LogP contribution in [0.5, 0.6) is 0 Å². The molecule has 0 bridgehead atoms. The number of hydrogen-bond acceptors (Lipinski definition) is 3. The Bertz CT molecular complexity index is 470. The third-order valence-corrected chi connectivity index (χ3v) is 2.40. The number of hydrogen-bond donors (Lipinski definition) is 1. The summed E-state index contributed by atoms with van der Waals surface area (Å²) in [6.07, 6.45) is 1.82. The molecule has 2 rings (SSSR count). The molecule has 0 saturated carbocycles. The van der Waals surface area contributed by atoms with Crippen molar-refractivity contribution < 1.29 is 0 Å². The van der Waals surface area contributed by atoms with Crippen LogP contribution in [0.2, 0.25) is 0 Å². The van der Waals surface area contributed by atoms with E-state index in [9.17, 15) is 0 Å². The van der Waals surface area contributed by atoms with Crippen molar-refractivity contribution in [3.05, 3.63) is 18.3 Å². The minimum absolute atomic E-state index is 0.785. The number of nitrogens with two attached hydrogens (primary N) is 1. The smallest absolute Gasteiger partial charge is 0.0929 e. The number of fused-ring (bicyclic) bond motifs is 1. The molecule has 0 radical (unpaired) electrons. The van der Waals surface area contributed by atoms with Gasteiger partial charge in [-0.05, 0) is 12.1 Å². The molecule has 1 heterocycles. The summed E-state index contributed by atoms with van der Waals surface area (Å²) in [6, 6.07) is 4.05. The molecule has 4 nitrogen and oxygen atoms in total. The van der Waals surface area contributed by atoms with Gasteiger partial charge in [0.1, 0.15) is 0 Å². The van der Waals surface area contributed by atoms with Crippen LogP contribution in [-0.4, -0.2) is 23.9 Å². The van der Waals surface area contributed by atoms with Crippen LogP contribution in [-0.2, 0) is 7.05 Å². The number of benzene rings is 1. The maximum absolute atomic E-state index is 6.06. The minimum atomic E-state index is 0.785. The highest BCUT2D eigenvalue weighted by Gasteiger charge is 2.08. The van der Waals surface area contributed by atoms with Gasteiger partial charge in [0, 0.05) is 26.5 Å². The van der Waals surface area contributed by atoms with Gasteiger partial charge in [-0.15, -0.1) is 0 Å². The lowest BCUT2D eigenvalue weighted by Gasteiger charge is -2.15. The number of anilines is 2. The Hall–Kier alpha value is -1.71. The van der Waals surface area contributed by atoms with Crippen molar-refractivity contribution in [2.75, 3.05) is 24.7 Å². The summed E-state index contributed by atoms with van der Waals surface area (Å²) >= 11 is 0. The zero-order valence-electron chi connectivity index (χ0n) is 8.65. The Morgan fingerprint density at radius 3 is 2.71 bits per heavy atom. The van der Waals surface area contributed by atoms with Gasteiger partial charge in [-0.25, -0.2) is 0 Å². The normalized spacial score (nSPS) is 10.8. The van der Waals surface area contributed by atoms with Crippen molar-refractivity contribution in [3.8, 4) is 0 Å². The van der Waals surface area contributed by atoms with E-state index in [2.05, 4.69) is 5.10 Å². The Labute approximate surface area is 82.9 Å². The maximum Gasteiger partial charge on any atom is 0.0929 e. The highest BCUT2D eigenvalue weighted by atomic mass is 15.3. The van der Waals surface area contributed by atoms with Gasteiger partial charge in [-0.2, -0.15) is 5.10 Å². The fourth-order valence-electron chi connectivity index (χ4n) is 1.68. The summed E-state index contributed by atoms with van der Waals surface area (Å²) in [4.78, 5) is 2.00. The highest BCUT2D eigenvalue weighted by molar-refractivity contribution is 5.96. The fourth-order valence-corrected chi connectivity index (χ4v) is 1.68. The molecule has 74 valence electrons. The highest BCUT2D eigenvalue weighted by Crippen LogP contribution is 2.29. The number of nitrogens with zero attached hydrogens (tertiary/aromatic N) is 3. The van der Waals surface area contributed by atoms with Gasteiger partial charge in [-0.1, -0.05) is 0 Å². The lowest BCUT2D eigenvalue weighted by Crippen LogP contribution is -2.11. The number of nitrogen functional groups attached to an aromatic ring is 1. The second kappa shape index (κ2) is 2.90. The summed E-state index contributed by atoms with van der Waals surface area (Å²) < 4.78 is 1.80. The zero-order chi connectivity index (χ0) is 10.3. The minimum Gasteiger partial charge on any atom is -0.395 e. The summed E-state index contributed by atoms with van der Waals surface area (Å²) in [5.74, 6) is 0. The molecule has 0 aliphatic heterocycles. The third-order valence-electron chi connectivity index (χ3n) is 2.40. The van der Waals surface area contributed by atoms with Crippen molar-refractivity contribution in [2.45, 2.75) is 0 Å². The van der Waals surface area contributed by atoms with E-state index in [1.165, 1.54) is 0 Å². The first-order chi connectivity index (χ1) is 6.61. The van der Waals surface area contributed by atoms with E-state index in [-0.39, 0.29) is 0 Å². The summed E-state index contributed by atoms with van der Waals surface area (Å²) in [5, 5.41) is 5.25. The molecular weight excluding hydrogens is 176 g/mol. The quantitative estimate of drug-likeness (QED) is 0.688. The first kappa shape index (κ1) is 8.87. The largest absolute Gasteiger partial charge is 0.395 e. The SMILES string of the molecule is CN(C)c1ccc2cnn(C)c2c1N. The van der Waals surface area contributed by atoms with Crippen LogP contribution in [0, 0.1) is 0 Å². The molecule has 0 aliphatic rings. The van der Waals surface area contributed by atoms with Crippen LogP contribution in [0.15, 0.2) is 18.3 Å². The van der Waals surface area contributed by atoms with Crippen LogP contribution in [0.1, 0.15) is 0 Å². The van der Waals surface area contributed by atoms with Gasteiger partial charge >= 0.3 is 0 Å². The molecule has 0 atom stereocenters. The Morgan fingerprint density at radius 2 is 2.07 bits per heavy atom. The number of rotatable bonds is 1. The Balaban J connectivity index is 2.79. The topological polar surface area (TPSA) is 47.1 Å². The molecule has 2 N–H and O–H groups in total. The molecule has 1 aromatic heterocycles. The van der Waals surface area contributed by atoms with E-state index in [1.807, 2.05) is 44.4 Å². The molecule has 0 spiro atoms. The second-order valence-corrected chi connectivity index (χ2v) is 3.60. The standard InChI is InChI=1S/C10H14N4/c1-13(2)8-5-4-7-6-12-14(3)10(7)9(8)11/h4-6H,11H2,1-3H3. The van der Waals surface area contributed by atoms with Crippen molar-refractivity contribution in [1.29, 1.82) is 0 Å². The van der Waals surface area contributed by atoms with Crippen LogP contribution >= 0.6 is 0 Å². The van der Waals surface area contributed by atoms with E-state index in [4.69, 9.17) is 5.73 Å². The van der Waals surface area contributed by atoms with Crippen LogP contribution in [0.25, 0.3) is 10.9 Å². The van der Waals surface area contributed by atoms with Crippen molar-refractivity contribution in [1.82, 2.24) is 9.78 Å². The predicted molar refractivity (Wildman–Crippen MR) is 59.5 cm³/mol. The molecule has 0 amide bonds. The molecule has 0 fully saturated rings. The van der Waals surface area contributed by atoms with Crippen LogP contribution in [0.4, 0.5) is 11.4 Å². The molecule has 1 aromatic carbocycles. The monoisotopic (exact) mass is 190 g/mol. The average molecular weight is 190 g/mol. The van der Waals surface area contributed by atoms with E-state index >= 15 is 0 Å². The van der Waals surface area contributed by atoms with Gasteiger partial charge in [0.05, 0.1) is 23.1 Å². The molecule has 2 aromatic rings. The molecule has 0 unspecified atom stereocenters. The molecular formula is C10H14N4. The lowest BCUT2D eigenvalue weighted by molar-refractivity contribution is 0.797. The van der Waals surface area contributed by atoms with Gasteiger partial charge in [0.25, 0.3) is 0 Å². The van der Waals surface area contributed by atoms with Crippen molar-refractivity contribution in [2.24, 2.45) is 7.05 Å². The lowest BCUT2D eigenvalue weighted by atomic mass is 10.2. The molecule has 4 heteroatoms. The van der Waals surface area contributed by atoms with Crippen LogP contribution in [0.3, 0.4) is 0 Å². The number of aryl methyl sites for hydroxylation is 1. The van der Waals surface area contributed by atoms with E-state index < -0.39 is 0 Å².